The van der Waals surface area contributed by atoms with E-state index in [1.807, 2.05) is 6.07 Å². The van der Waals surface area contributed by atoms with Crippen molar-refractivity contribution < 1.29 is 0 Å². The van der Waals surface area contributed by atoms with Gasteiger partial charge in [0.05, 0.1) is 6.04 Å². The van der Waals surface area contributed by atoms with E-state index in [2.05, 4.69) is 115 Å². The van der Waals surface area contributed by atoms with Gasteiger partial charge in [0.25, 0.3) is 0 Å². The van der Waals surface area contributed by atoms with Gasteiger partial charge in [0, 0.05) is 5.69 Å². The first-order chi connectivity index (χ1) is 12.9. The van der Waals surface area contributed by atoms with Crippen molar-refractivity contribution in [1.29, 1.82) is 0 Å². The smallest absolute Gasteiger partial charge is 0.0773 e. The zero-order valence-corrected chi connectivity index (χ0v) is 14.5. The predicted molar refractivity (Wildman–Crippen MR) is 110 cm³/mol. The standard InChI is InChI=1S/C25H21N/c1-4-12-20(13-5-1)23-18-10-11-19-24(23)25(21-14-6-2-7-15-21)26-22-16-8-3-9-17-22/h1-19,25-26H/t25-/m0/s1. The summed E-state index contributed by atoms with van der Waals surface area (Å²) in [6.45, 7) is 0. The molecule has 0 aliphatic carbocycles. The maximum atomic E-state index is 3.72. The first-order valence-electron chi connectivity index (χ1n) is 8.93. The van der Waals surface area contributed by atoms with Gasteiger partial charge in [0.1, 0.15) is 0 Å². The third-order valence-corrected chi connectivity index (χ3v) is 4.57. The molecular formula is C25H21N. The molecule has 0 saturated heterocycles. The molecule has 0 bridgehead atoms. The second-order valence-electron chi connectivity index (χ2n) is 6.31. The van der Waals surface area contributed by atoms with Crippen molar-refractivity contribution in [2.24, 2.45) is 0 Å². The highest BCUT2D eigenvalue weighted by Gasteiger charge is 2.17. The molecule has 0 aliphatic rings. The summed E-state index contributed by atoms with van der Waals surface area (Å²) in [5.41, 5.74) is 6.13. The molecule has 126 valence electrons. The average Bonchev–Trinajstić information content (AvgIpc) is 2.74. The Morgan fingerprint density at radius 2 is 1.04 bits per heavy atom. The van der Waals surface area contributed by atoms with Crippen molar-refractivity contribution in [1.82, 2.24) is 0 Å². The molecule has 0 heterocycles. The van der Waals surface area contributed by atoms with Gasteiger partial charge in [-0.2, -0.15) is 0 Å². The van der Waals surface area contributed by atoms with Crippen LogP contribution >= 0.6 is 0 Å². The number of hydrogen-bond donors (Lipinski definition) is 1. The Morgan fingerprint density at radius 3 is 1.73 bits per heavy atom. The van der Waals surface area contributed by atoms with Gasteiger partial charge in [0.15, 0.2) is 0 Å². The van der Waals surface area contributed by atoms with E-state index < -0.39 is 0 Å². The van der Waals surface area contributed by atoms with Crippen LogP contribution in [0, 0.1) is 0 Å². The summed E-state index contributed by atoms with van der Waals surface area (Å²) in [7, 11) is 0. The lowest BCUT2D eigenvalue weighted by Gasteiger charge is -2.24. The Bertz CT molecular complexity index is 947. The molecule has 4 aromatic rings. The van der Waals surface area contributed by atoms with E-state index in [9.17, 15) is 0 Å². The van der Waals surface area contributed by atoms with Crippen molar-refractivity contribution in [2.75, 3.05) is 5.32 Å². The van der Waals surface area contributed by atoms with Gasteiger partial charge < -0.3 is 5.32 Å². The Hall–Kier alpha value is -3.32. The van der Waals surface area contributed by atoms with Crippen molar-refractivity contribution >= 4 is 5.69 Å². The summed E-state index contributed by atoms with van der Waals surface area (Å²) in [4.78, 5) is 0. The van der Waals surface area contributed by atoms with Crippen molar-refractivity contribution in [3.63, 3.8) is 0 Å². The molecule has 4 rings (SSSR count). The molecule has 1 heteroatoms. The lowest BCUT2D eigenvalue weighted by atomic mass is 9.91. The SMILES string of the molecule is c1ccc(N[C@@H](c2ccccc2)c2ccccc2-c2ccccc2)cc1. The fraction of sp³-hybridized carbons (Fsp3) is 0.0400. The third-order valence-electron chi connectivity index (χ3n) is 4.57. The quantitative estimate of drug-likeness (QED) is 0.436. The van der Waals surface area contributed by atoms with Crippen LogP contribution < -0.4 is 5.32 Å². The molecule has 0 unspecified atom stereocenters. The summed E-state index contributed by atoms with van der Waals surface area (Å²) in [5, 5.41) is 3.72. The van der Waals surface area contributed by atoms with Gasteiger partial charge in [-0.25, -0.2) is 0 Å². The zero-order valence-electron chi connectivity index (χ0n) is 14.5. The summed E-state index contributed by atoms with van der Waals surface area (Å²) in [6.07, 6.45) is 0. The van der Waals surface area contributed by atoms with Crippen LogP contribution in [0.3, 0.4) is 0 Å². The maximum absolute atomic E-state index is 3.72. The van der Waals surface area contributed by atoms with Gasteiger partial charge in [-0.3, -0.25) is 0 Å². The number of hydrogen-bond acceptors (Lipinski definition) is 1. The van der Waals surface area contributed by atoms with Crippen molar-refractivity contribution in [2.45, 2.75) is 6.04 Å². The third kappa shape index (κ3) is 3.52. The maximum Gasteiger partial charge on any atom is 0.0773 e. The molecule has 1 atom stereocenters. The second kappa shape index (κ2) is 7.71. The molecular weight excluding hydrogens is 314 g/mol. The minimum absolute atomic E-state index is 0.0787. The lowest BCUT2D eigenvalue weighted by molar-refractivity contribution is 0.942. The van der Waals surface area contributed by atoms with Crippen LogP contribution in [-0.2, 0) is 0 Å². The molecule has 4 aromatic carbocycles. The van der Waals surface area contributed by atoms with Crippen molar-refractivity contribution in [3.8, 4) is 11.1 Å². The zero-order chi connectivity index (χ0) is 17.6. The van der Waals surface area contributed by atoms with E-state index in [1.165, 1.54) is 22.3 Å². The van der Waals surface area contributed by atoms with Crippen LogP contribution in [0.5, 0.6) is 0 Å². The summed E-state index contributed by atoms with van der Waals surface area (Å²) in [5.74, 6) is 0. The highest BCUT2D eigenvalue weighted by Crippen LogP contribution is 2.34. The van der Waals surface area contributed by atoms with E-state index in [0.717, 1.165) is 5.69 Å². The molecule has 0 spiro atoms. The number of benzene rings is 4. The number of nitrogens with one attached hydrogen (secondary N) is 1. The second-order valence-corrected chi connectivity index (χ2v) is 6.31. The Labute approximate surface area is 155 Å². The van der Waals surface area contributed by atoms with Crippen LogP contribution in [0.4, 0.5) is 5.69 Å². The molecule has 1 N–H and O–H groups in total. The molecule has 26 heavy (non-hydrogen) atoms. The summed E-state index contributed by atoms with van der Waals surface area (Å²) < 4.78 is 0. The molecule has 0 aliphatic heterocycles. The first kappa shape index (κ1) is 16.2. The largest absolute Gasteiger partial charge is 0.374 e. The first-order valence-corrected chi connectivity index (χ1v) is 8.93. The fourth-order valence-corrected chi connectivity index (χ4v) is 3.32. The van der Waals surface area contributed by atoms with Crippen LogP contribution in [0.2, 0.25) is 0 Å². The van der Waals surface area contributed by atoms with Gasteiger partial charge in [0.2, 0.25) is 0 Å². The number of rotatable bonds is 5. The fourth-order valence-electron chi connectivity index (χ4n) is 3.32. The number of anilines is 1. The summed E-state index contributed by atoms with van der Waals surface area (Å²) >= 11 is 0. The van der Waals surface area contributed by atoms with E-state index in [4.69, 9.17) is 0 Å². The molecule has 0 fully saturated rings. The Morgan fingerprint density at radius 1 is 0.500 bits per heavy atom. The van der Waals surface area contributed by atoms with Crippen LogP contribution in [0.1, 0.15) is 17.2 Å². The van der Waals surface area contributed by atoms with E-state index in [1.54, 1.807) is 0 Å². The monoisotopic (exact) mass is 335 g/mol. The van der Waals surface area contributed by atoms with Crippen LogP contribution in [0.25, 0.3) is 11.1 Å². The highest BCUT2D eigenvalue weighted by atomic mass is 14.9. The van der Waals surface area contributed by atoms with E-state index in [-0.39, 0.29) is 6.04 Å². The predicted octanol–water partition coefficient (Wildman–Crippen LogP) is 6.56. The lowest BCUT2D eigenvalue weighted by Crippen LogP contribution is -2.13. The van der Waals surface area contributed by atoms with E-state index >= 15 is 0 Å². The minimum Gasteiger partial charge on any atom is -0.374 e. The molecule has 0 amide bonds. The molecule has 0 saturated carbocycles. The number of para-hydroxylation sites is 1. The Balaban J connectivity index is 1.82. The minimum atomic E-state index is 0.0787. The van der Waals surface area contributed by atoms with E-state index in [0.29, 0.717) is 0 Å². The van der Waals surface area contributed by atoms with Gasteiger partial charge in [-0.1, -0.05) is 103 Å². The molecule has 0 radical (unpaired) electrons. The Kier molecular flexibility index (Phi) is 4.79. The molecule has 1 nitrogen and oxygen atoms in total. The molecule has 0 aromatic heterocycles. The van der Waals surface area contributed by atoms with Gasteiger partial charge in [-0.05, 0) is 34.4 Å². The topological polar surface area (TPSA) is 12.0 Å². The van der Waals surface area contributed by atoms with Gasteiger partial charge >= 0.3 is 0 Å². The normalized spacial score (nSPS) is 11.7. The summed E-state index contributed by atoms with van der Waals surface area (Å²) in [6, 6.07) is 40.3. The van der Waals surface area contributed by atoms with Crippen LogP contribution in [0.15, 0.2) is 115 Å². The van der Waals surface area contributed by atoms with Gasteiger partial charge in [-0.15, -0.1) is 0 Å². The highest BCUT2D eigenvalue weighted by molar-refractivity contribution is 5.70. The average molecular weight is 335 g/mol. The van der Waals surface area contributed by atoms with Crippen LogP contribution in [-0.4, -0.2) is 0 Å². The van der Waals surface area contributed by atoms with Crippen molar-refractivity contribution in [3.05, 3.63) is 126 Å².